The van der Waals surface area contributed by atoms with E-state index in [9.17, 15) is 0 Å². The molecule has 0 aliphatic heterocycles. The van der Waals surface area contributed by atoms with E-state index in [0.29, 0.717) is 0 Å². The summed E-state index contributed by atoms with van der Waals surface area (Å²) in [5.74, 6) is 0. The SMILES string of the molecule is Cc1cccc(C2=CC=CC[CH]2)c1. The maximum atomic E-state index is 2.26. The molecule has 0 fully saturated rings. The predicted octanol–water partition coefficient (Wildman–Crippen LogP) is 3.54. The van der Waals surface area contributed by atoms with Gasteiger partial charge in [-0.1, -0.05) is 48.1 Å². The van der Waals surface area contributed by atoms with Crippen LogP contribution in [0.25, 0.3) is 5.57 Å². The Morgan fingerprint density at radius 3 is 2.85 bits per heavy atom. The van der Waals surface area contributed by atoms with Crippen LogP contribution in [0.15, 0.2) is 42.5 Å². The van der Waals surface area contributed by atoms with Gasteiger partial charge in [0.15, 0.2) is 0 Å². The minimum atomic E-state index is 1.06. The molecule has 65 valence electrons. The first-order valence-electron chi connectivity index (χ1n) is 4.63. The average molecular weight is 169 g/mol. The van der Waals surface area contributed by atoms with Crippen molar-refractivity contribution in [3.63, 3.8) is 0 Å². The first-order chi connectivity index (χ1) is 6.36. The third-order valence-corrected chi connectivity index (χ3v) is 2.24. The number of allylic oxidation sites excluding steroid dienone is 4. The van der Waals surface area contributed by atoms with Crippen molar-refractivity contribution in [2.75, 3.05) is 0 Å². The first kappa shape index (κ1) is 8.31. The molecule has 0 unspecified atom stereocenters. The normalized spacial score (nSPS) is 15.6. The Labute approximate surface area is 79.6 Å². The van der Waals surface area contributed by atoms with Gasteiger partial charge in [0.2, 0.25) is 0 Å². The van der Waals surface area contributed by atoms with Crippen LogP contribution in [0, 0.1) is 13.3 Å². The van der Waals surface area contributed by atoms with E-state index in [1.54, 1.807) is 0 Å². The molecule has 1 aromatic carbocycles. The van der Waals surface area contributed by atoms with Crippen molar-refractivity contribution in [1.29, 1.82) is 0 Å². The highest BCUT2D eigenvalue weighted by atomic mass is 14.1. The van der Waals surface area contributed by atoms with E-state index in [1.807, 2.05) is 0 Å². The molecule has 0 nitrogen and oxygen atoms in total. The van der Waals surface area contributed by atoms with E-state index in [-0.39, 0.29) is 0 Å². The maximum Gasteiger partial charge on any atom is -0.00493 e. The lowest BCUT2D eigenvalue weighted by Gasteiger charge is -2.08. The molecular formula is C13H13. The number of hydrogen-bond acceptors (Lipinski definition) is 0. The van der Waals surface area contributed by atoms with Crippen LogP contribution in [-0.4, -0.2) is 0 Å². The van der Waals surface area contributed by atoms with Gasteiger partial charge in [-0.3, -0.25) is 0 Å². The number of hydrogen-bond donors (Lipinski definition) is 0. The molecule has 0 aromatic heterocycles. The van der Waals surface area contributed by atoms with Gasteiger partial charge >= 0.3 is 0 Å². The zero-order valence-corrected chi connectivity index (χ0v) is 7.83. The lowest BCUT2D eigenvalue weighted by molar-refractivity contribution is 1.27. The summed E-state index contributed by atoms with van der Waals surface area (Å²) < 4.78 is 0. The lowest BCUT2D eigenvalue weighted by Crippen LogP contribution is -1.88. The molecule has 1 aromatic rings. The van der Waals surface area contributed by atoms with E-state index in [1.165, 1.54) is 16.7 Å². The molecule has 0 heteroatoms. The van der Waals surface area contributed by atoms with Crippen LogP contribution in [-0.2, 0) is 0 Å². The summed E-state index contributed by atoms with van der Waals surface area (Å²) in [6, 6.07) is 8.62. The standard InChI is InChI=1S/C13H13/c1-11-6-5-9-13(10-11)12-7-3-2-4-8-12/h2-3,5-10H,4H2,1H3. The summed E-state index contributed by atoms with van der Waals surface area (Å²) >= 11 is 0. The van der Waals surface area contributed by atoms with Crippen molar-refractivity contribution in [1.82, 2.24) is 0 Å². The molecule has 0 amide bonds. The molecular weight excluding hydrogens is 156 g/mol. The summed E-state index contributed by atoms with van der Waals surface area (Å²) in [5, 5.41) is 0. The van der Waals surface area contributed by atoms with Crippen LogP contribution in [0.1, 0.15) is 17.5 Å². The predicted molar refractivity (Wildman–Crippen MR) is 57.2 cm³/mol. The number of aryl methyl sites for hydroxylation is 1. The van der Waals surface area contributed by atoms with E-state index in [4.69, 9.17) is 0 Å². The molecule has 13 heavy (non-hydrogen) atoms. The van der Waals surface area contributed by atoms with Gasteiger partial charge in [-0.2, -0.15) is 0 Å². The van der Waals surface area contributed by atoms with E-state index < -0.39 is 0 Å². The van der Waals surface area contributed by atoms with E-state index in [2.05, 4.69) is 55.8 Å². The molecule has 1 radical (unpaired) electrons. The van der Waals surface area contributed by atoms with Gasteiger partial charge in [0.25, 0.3) is 0 Å². The van der Waals surface area contributed by atoms with Gasteiger partial charge in [0.05, 0.1) is 0 Å². The van der Waals surface area contributed by atoms with Gasteiger partial charge in [-0.25, -0.2) is 0 Å². The molecule has 0 atom stereocenters. The molecule has 0 saturated heterocycles. The highest BCUT2D eigenvalue weighted by Gasteiger charge is 2.02. The Morgan fingerprint density at radius 2 is 2.15 bits per heavy atom. The molecule has 0 heterocycles. The monoisotopic (exact) mass is 169 g/mol. The van der Waals surface area contributed by atoms with Crippen LogP contribution in [0.4, 0.5) is 0 Å². The third-order valence-electron chi connectivity index (χ3n) is 2.24. The van der Waals surface area contributed by atoms with Gasteiger partial charge in [0, 0.05) is 0 Å². The fraction of sp³-hybridized carbons (Fsp3) is 0.154. The van der Waals surface area contributed by atoms with Gasteiger partial charge < -0.3 is 0 Å². The average Bonchev–Trinajstić information content (AvgIpc) is 2.19. The fourth-order valence-electron chi connectivity index (χ4n) is 1.55. The summed E-state index contributed by atoms with van der Waals surface area (Å²) in [4.78, 5) is 0. The molecule has 0 N–H and O–H groups in total. The maximum absolute atomic E-state index is 2.26. The van der Waals surface area contributed by atoms with Crippen molar-refractivity contribution in [2.45, 2.75) is 13.3 Å². The second-order valence-corrected chi connectivity index (χ2v) is 3.36. The largest absolute Gasteiger partial charge is 0.0839 e. The van der Waals surface area contributed by atoms with Gasteiger partial charge in [-0.05, 0) is 30.9 Å². The van der Waals surface area contributed by atoms with Crippen molar-refractivity contribution in [3.8, 4) is 0 Å². The van der Waals surface area contributed by atoms with Crippen molar-refractivity contribution in [3.05, 3.63) is 60.0 Å². The lowest BCUT2D eigenvalue weighted by atomic mass is 9.96. The van der Waals surface area contributed by atoms with Crippen LogP contribution < -0.4 is 0 Å². The van der Waals surface area contributed by atoms with Crippen LogP contribution in [0.3, 0.4) is 0 Å². The zero-order chi connectivity index (χ0) is 9.10. The second-order valence-electron chi connectivity index (χ2n) is 3.36. The number of benzene rings is 1. The Balaban J connectivity index is 2.34. The Hall–Kier alpha value is -1.30. The molecule has 0 saturated carbocycles. The van der Waals surface area contributed by atoms with Crippen LogP contribution in [0.5, 0.6) is 0 Å². The van der Waals surface area contributed by atoms with Crippen LogP contribution >= 0.6 is 0 Å². The quantitative estimate of drug-likeness (QED) is 0.603. The third kappa shape index (κ3) is 1.89. The molecule has 1 aliphatic carbocycles. The Bertz CT molecular complexity index is 356. The first-order valence-corrected chi connectivity index (χ1v) is 4.63. The van der Waals surface area contributed by atoms with Crippen molar-refractivity contribution < 1.29 is 0 Å². The zero-order valence-electron chi connectivity index (χ0n) is 7.83. The van der Waals surface area contributed by atoms with Gasteiger partial charge in [-0.15, -0.1) is 0 Å². The Kier molecular flexibility index (Phi) is 2.31. The fourth-order valence-corrected chi connectivity index (χ4v) is 1.55. The van der Waals surface area contributed by atoms with Crippen LogP contribution in [0.2, 0.25) is 0 Å². The molecule has 0 spiro atoms. The smallest absolute Gasteiger partial charge is 0.00493 e. The summed E-state index contributed by atoms with van der Waals surface area (Å²) in [5.41, 5.74) is 3.98. The number of rotatable bonds is 1. The molecule has 2 rings (SSSR count). The second kappa shape index (κ2) is 3.61. The van der Waals surface area contributed by atoms with E-state index >= 15 is 0 Å². The highest BCUT2D eigenvalue weighted by molar-refractivity contribution is 5.74. The van der Waals surface area contributed by atoms with E-state index in [0.717, 1.165) is 6.42 Å². The minimum absolute atomic E-state index is 1.06. The van der Waals surface area contributed by atoms with Crippen molar-refractivity contribution in [2.24, 2.45) is 0 Å². The highest BCUT2D eigenvalue weighted by Crippen LogP contribution is 2.22. The molecule has 1 aliphatic rings. The summed E-state index contributed by atoms with van der Waals surface area (Å²) in [6.45, 7) is 2.13. The Morgan fingerprint density at radius 1 is 1.23 bits per heavy atom. The van der Waals surface area contributed by atoms with Crippen molar-refractivity contribution >= 4 is 5.57 Å². The van der Waals surface area contributed by atoms with Gasteiger partial charge in [0.1, 0.15) is 0 Å². The minimum Gasteiger partial charge on any atom is -0.0839 e. The topological polar surface area (TPSA) is 0 Å². The summed E-state index contributed by atoms with van der Waals surface area (Å²) in [6.07, 6.45) is 9.77. The summed E-state index contributed by atoms with van der Waals surface area (Å²) in [7, 11) is 0. The molecule has 0 bridgehead atoms.